The molecule has 8 saturated heterocycles. The van der Waals surface area contributed by atoms with Crippen molar-refractivity contribution in [2.45, 2.75) is 203 Å². The first kappa shape index (κ1) is 85.1. The Morgan fingerprint density at radius 3 is 1.12 bits per heavy atom. The molecular formula is C94H144N16S. The van der Waals surface area contributed by atoms with Crippen molar-refractivity contribution in [1.82, 2.24) is 44.7 Å². The lowest BCUT2D eigenvalue weighted by atomic mass is 9.91. The molecule has 1 N–H and O–H groups in total. The molecule has 17 rings (SSSR count). The van der Waals surface area contributed by atoms with E-state index in [1.165, 1.54) is 209 Å². The number of rotatable bonds is 10. The van der Waals surface area contributed by atoms with Gasteiger partial charge in [-0.2, -0.15) is 0 Å². The monoisotopic (exact) mass is 1530 g/mol. The highest BCUT2D eigenvalue weighted by atomic mass is 32.1. The maximum absolute atomic E-state index is 4.48. The van der Waals surface area contributed by atoms with E-state index in [-0.39, 0.29) is 0 Å². The van der Waals surface area contributed by atoms with Crippen molar-refractivity contribution < 1.29 is 0 Å². The molecule has 0 spiro atoms. The predicted octanol–water partition coefficient (Wildman–Crippen LogP) is 15.8. The number of likely N-dealkylation sites (N-methyl/N-ethyl adjacent to an activating group) is 2. The van der Waals surface area contributed by atoms with Crippen molar-refractivity contribution in [3.63, 3.8) is 0 Å². The quantitative estimate of drug-likeness (QED) is 0.141. The Balaban J connectivity index is 0.000000128. The van der Waals surface area contributed by atoms with Crippen LogP contribution >= 0.6 is 11.3 Å². The number of benzene rings is 5. The third-order valence-corrected chi connectivity index (χ3v) is 26.2. The van der Waals surface area contributed by atoms with Gasteiger partial charge in [-0.3, -0.25) is 29.5 Å². The van der Waals surface area contributed by atoms with Crippen LogP contribution in [0, 0.1) is 48.5 Å². The number of piperidine rings is 1. The SMILES string of the molecule is Cc1ccc(N2CC(C)N(C)C(C)C2)cc1.Cc1ccc(N2CC(C)NC(C)C2)cc1.Cc1ccc(N2CCN(C(C)C)CC2)cc1.Cc1ccc(N2CCN(C)C(C)C2)s1.Cc1ccc(N2CCN(C3CC3)CC2)cc1.Cc1ccc(N2CCN(C3CCC3)CC2)cc1.Cc1cnc(N2CCN3CCCCC3C2)cn1. The molecule has 2 aromatic heterocycles. The normalized spacial score (nSPS) is 23.8. The summed E-state index contributed by atoms with van der Waals surface area (Å²) in [5.41, 5.74) is 14.5. The van der Waals surface area contributed by atoms with Crippen molar-refractivity contribution in [1.29, 1.82) is 0 Å². The first-order chi connectivity index (χ1) is 53.5. The molecule has 2 aliphatic carbocycles. The first-order valence-electron chi connectivity index (χ1n) is 43.1. The predicted molar refractivity (Wildman–Crippen MR) is 478 cm³/mol. The fourth-order valence-electron chi connectivity index (χ4n) is 17.1. The average Bonchev–Trinajstić information content (AvgIpc) is 1.12. The first-order valence-corrected chi connectivity index (χ1v) is 43.9. The van der Waals surface area contributed by atoms with Crippen molar-refractivity contribution in [2.24, 2.45) is 0 Å². The molecule has 10 aliphatic rings. The van der Waals surface area contributed by atoms with Crippen LogP contribution in [0.2, 0.25) is 0 Å². The van der Waals surface area contributed by atoms with Crippen LogP contribution in [0.25, 0.3) is 0 Å². The van der Waals surface area contributed by atoms with Crippen molar-refractivity contribution in [2.75, 3.05) is 199 Å². The Morgan fingerprint density at radius 1 is 0.342 bits per heavy atom. The van der Waals surface area contributed by atoms with Gasteiger partial charge >= 0.3 is 0 Å². The number of nitrogens with one attached hydrogen (secondary N) is 1. The largest absolute Gasteiger partial charge is 0.369 e. The van der Waals surface area contributed by atoms with Crippen LogP contribution in [0.3, 0.4) is 0 Å². The number of aromatic nitrogens is 2. The van der Waals surface area contributed by atoms with E-state index < -0.39 is 0 Å². The summed E-state index contributed by atoms with van der Waals surface area (Å²) in [6, 6.07) is 55.2. The van der Waals surface area contributed by atoms with Crippen molar-refractivity contribution >= 4 is 50.6 Å². The highest BCUT2D eigenvalue weighted by Crippen LogP contribution is 2.32. The fourth-order valence-corrected chi connectivity index (χ4v) is 18.0. The summed E-state index contributed by atoms with van der Waals surface area (Å²) in [4.78, 5) is 43.0. The maximum Gasteiger partial charge on any atom is 0.147 e. The molecule has 606 valence electrons. The van der Waals surface area contributed by atoms with Crippen LogP contribution < -0.4 is 39.6 Å². The van der Waals surface area contributed by atoms with Gasteiger partial charge in [-0.1, -0.05) is 101 Å². The molecule has 0 bridgehead atoms. The van der Waals surface area contributed by atoms with Gasteiger partial charge in [-0.25, -0.2) is 4.98 Å². The van der Waals surface area contributed by atoms with Crippen LogP contribution in [0.1, 0.15) is 138 Å². The molecule has 10 heterocycles. The summed E-state index contributed by atoms with van der Waals surface area (Å²) in [5.74, 6) is 1.04. The summed E-state index contributed by atoms with van der Waals surface area (Å²) in [5, 5.41) is 4.98. The zero-order chi connectivity index (χ0) is 78.5. The summed E-state index contributed by atoms with van der Waals surface area (Å²) in [7, 11) is 4.43. The Morgan fingerprint density at radius 2 is 0.730 bits per heavy atom. The van der Waals surface area contributed by atoms with Gasteiger partial charge < -0.3 is 44.5 Å². The van der Waals surface area contributed by atoms with E-state index in [0.717, 1.165) is 88.5 Å². The molecule has 0 radical (unpaired) electrons. The van der Waals surface area contributed by atoms with Crippen molar-refractivity contribution in [3.05, 3.63) is 184 Å². The van der Waals surface area contributed by atoms with Gasteiger partial charge in [-0.15, -0.1) is 11.3 Å². The van der Waals surface area contributed by atoms with E-state index in [1.54, 1.807) is 0 Å². The van der Waals surface area contributed by atoms with Gasteiger partial charge in [0.05, 0.1) is 23.1 Å². The number of nitrogens with zero attached hydrogens (tertiary/aromatic N) is 15. The van der Waals surface area contributed by atoms with Crippen LogP contribution in [0.4, 0.5) is 39.3 Å². The minimum atomic E-state index is 0.579. The maximum atomic E-state index is 4.48. The summed E-state index contributed by atoms with van der Waals surface area (Å²) in [6.07, 6.45) is 15.1. The molecule has 16 nitrogen and oxygen atoms in total. The van der Waals surface area contributed by atoms with Crippen LogP contribution in [0.5, 0.6) is 0 Å². The van der Waals surface area contributed by atoms with E-state index >= 15 is 0 Å². The number of anilines is 7. The molecule has 7 aromatic rings. The Labute approximate surface area is 677 Å². The molecule has 111 heavy (non-hydrogen) atoms. The minimum absolute atomic E-state index is 0.579. The lowest BCUT2D eigenvalue weighted by Gasteiger charge is -2.44. The molecule has 0 amide bonds. The van der Waals surface area contributed by atoms with E-state index in [9.17, 15) is 0 Å². The van der Waals surface area contributed by atoms with E-state index in [1.807, 2.05) is 30.7 Å². The third-order valence-electron chi connectivity index (χ3n) is 25.2. The van der Waals surface area contributed by atoms with E-state index in [0.29, 0.717) is 36.3 Å². The molecule has 6 unspecified atom stereocenters. The molecule has 6 atom stereocenters. The van der Waals surface area contributed by atoms with Crippen molar-refractivity contribution in [3.8, 4) is 0 Å². The lowest BCUT2D eigenvalue weighted by Crippen LogP contribution is -2.55. The number of hydrogen-bond donors (Lipinski definition) is 1. The Hall–Kier alpha value is -6.80. The molecule has 10 fully saturated rings. The highest BCUT2D eigenvalue weighted by molar-refractivity contribution is 7.16. The van der Waals surface area contributed by atoms with E-state index in [2.05, 4.69) is 317 Å². The zero-order valence-electron chi connectivity index (χ0n) is 71.6. The third kappa shape index (κ3) is 25.9. The fraction of sp³-hybridized carbons (Fsp3) is 0.596. The topological polar surface area (TPSA) is 79.9 Å². The number of piperazine rings is 7. The Bertz CT molecular complexity index is 3680. The molecule has 5 aromatic carbocycles. The van der Waals surface area contributed by atoms with Gasteiger partial charge in [0.2, 0.25) is 0 Å². The van der Waals surface area contributed by atoms with Crippen LogP contribution in [-0.2, 0) is 0 Å². The average molecular weight is 1530 g/mol. The molecule has 8 aliphatic heterocycles. The number of aryl methyl sites for hydroxylation is 7. The number of hydrogen-bond acceptors (Lipinski definition) is 17. The lowest BCUT2D eigenvalue weighted by molar-refractivity contribution is 0.120. The summed E-state index contributed by atoms with van der Waals surface area (Å²) in [6.45, 7) is 57.9. The standard InChI is InChI=1S/C15H22N2.C14H20N2.2C14H22N2.C13H20N4.C13H20N2.C11H18N2S/c1-13-5-7-15(8-6-13)17-11-9-16(10-12-17)14-3-2-4-14;1-12-2-4-13(5-3-12)15-8-10-16(11-9-15)14-6-7-14;1-11-5-7-14(8-6-11)16-9-12(2)15(4)13(3)10-16;1-12(2)15-8-10-16(11-9-15)14-6-4-13(3)5-7-14;1-11-8-15-13(9-14-11)17-7-6-16-5-3-2-4-12(16)10-17;1-10-4-6-13(7-5-10)15-8-11(2)14-12(3)9-15;1-9-8-13(7-6-12(9)3)11-5-4-10(2)14-11/h5-8,14H,2-4,9-12H2,1H3;2-5,14H,6-11H2,1H3;5-8,12-13H,9-10H2,1-4H3;4-7,12H,8-11H2,1-3H3;8-9,12H,2-7,10H2,1H3;4-7,11-12,14H,8-9H2,1-3H3;4-5,9H,6-8H2,1-3H3. The number of thiophene rings is 1. The van der Waals surface area contributed by atoms with Crippen LogP contribution in [0.15, 0.2) is 146 Å². The molecular weight excluding hydrogens is 1390 g/mol. The number of fused-ring (bicyclic) bond motifs is 1. The van der Waals surface area contributed by atoms with E-state index in [4.69, 9.17) is 0 Å². The minimum Gasteiger partial charge on any atom is -0.369 e. The summed E-state index contributed by atoms with van der Waals surface area (Å²) < 4.78 is 0. The molecule has 2 saturated carbocycles. The van der Waals surface area contributed by atoms with Crippen LogP contribution in [-0.4, -0.2) is 258 Å². The van der Waals surface area contributed by atoms with Gasteiger partial charge in [0.1, 0.15) is 5.82 Å². The highest BCUT2D eigenvalue weighted by Gasteiger charge is 2.34. The second kappa shape index (κ2) is 42.0. The van der Waals surface area contributed by atoms with Gasteiger partial charge in [0.15, 0.2) is 0 Å². The Kier molecular flexibility index (Phi) is 32.2. The van der Waals surface area contributed by atoms with Gasteiger partial charge in [0, 0.05) is 232 Å². The second-order valence-corrected chi connectivity index (χ2v) is 35.9. The second-order valence-electron chi connectivity index (χ2n) is 34.6. The van der Waals surface area contributed by atoms with Gasteiger partial charge in [0.25, 0.3) is 0 Å². The smallest absolute Gasteiger partial charge is 0.147 e. The molecule has 17 heteroatoms. The zero-order valence-corrected chi connectivity index (χ0v) is 72.4. The van der Waals surface area contributed by atoms with Gasteiger partial charge in [-0.05, 0) is 229 Å². The summed E-state index contributed by atoms with van der Waals surface area (Å²) >= 11 is 1.90.